The monoisotopic (exact) mass is 318 g/mol. The number of hydrogen-bond acceptors (Lipinski definition) is 6. The highest BCUT2D eigenvalue weighted by molar-refractivity contribution is 5.92. The normalized spacial score (nSPS) is 10.8. The van der Waals surface area contributed by atoms with Crippen LogP contribution in [-0.2, 0) is 17.8 Å². The molecule has 2 aromatic rings. The molecule has 0 radical (unpaired) electrons. The van der Waals surface area contributed by atoms with E-state index in [1.807, 2.05) is 30.1 Å². The van der Waals surface area contributed by atoms with Crippen LogP contribution in [0, 0.1) is 0 Å². The third-order valence-corrected chi connectivity index (χ3v) is 3.16. The number of likely N-dealkylation sites (N-methyl/N-ethyl adjacent to an activating group) is 1. The number of amides is 1. The van der Waals surface area contributed by atoms with E-state index in [1.54, 1.807) is 13.2 Å². The van der Waals surface area contributed by atoms with Gasteiger partial charge in [0.15, 0.2) is 5.82 Å². The van der Waals surface area contributed by atoms with Crippen LogP contribution in [0.25, 0.3) is 0 Å². The van der Waals surface area contributed by atoms with E-state index in [9.17, 15) is 4.79 Å². The second-order valence-electron chi connectivity index (χ2n) is 5.31. The van der Waals surface area contributed by atoms with Crippen molar-refractivity contribution in [3.05, 3.63) is 36.0 Å². The third kappa shape index (κ3) is 5.37. The van der Waals surface area contributed by atoms with Crippen LogP contribution in [0.3, 0.4) is 0 Å². The molecular formula is C16H22N4O3. The number of carbonyl (C=O) groups is 1. The Balaban J connectivity index is 1.83. The van der Waals surface area contributed by atoms with Gasteiger partial charge in [0.25, 0.3) is 0 Å². The summed E-state index contributed by atoms with van der Waals surface area (Å²) < 4.78 is 10.3. The van der Waals surface area contributed by atoms with Crippen LogP contribution in [0.1, 0.15) is 25.1 Å². The average molecular weight is 318 g/mol. The maximum Gasteiger partial charge on any atom is 0.240 e. The Labute approximate surface area is 135 Å². The highest BCUT2D eigenvalue weighted by atomic mass is 16.5. The van der Waals surface area contributed by atoms with Crippen molar-refractivity contribution in [1.82, 2.24) is 15.0 Å². The van der Waals surface area contributed by atoms with Crippen molar-refractivity contribution in [3.63, 3.8) is 0 Å². The molecule has 0 fully saturated rings. The van der Waals surface area contributed by atoms with Gasteiger partial charge in [-0.25, -0.2) is 0 Å². The quantitative estimate of drug-likeness (QED) is 0.803. The van der Waals surface area contributed by atoms with E-state index in [0.717, 1.165) is 12.8 Å². The van der Waals surface area contributed by atoms with Gasteiger partial charge in [0.1, 0.15) is 5.75 Å². The summed E-state index contributed by atoms with van der Waals surface area (Å²) in [4.78, 5) is 18.2. The SMILES string of the molecule is CCCc1noc(CN(C)CC(=O)Nc2cccc(OC)c2)n1. The molecule has 0 bridgehead atoms. The molecule has 1 aromatic heterocycles. The van der Waals surface area contributed by atoms with Crippen molar-refractivity contribution < 1.29 is 14.1 Å². The van der Waals surface area contributed by atoms with Gasteiger partial charge in [-0.2, -0.15) is 4.98 Å². The first-order chi connectivity index (χ1) is 11.1. The molecule has 0 unspecified atom stereocenters. The van der Waals surface area contributed by atoms with Gasteiger partial charge < -0.3 is 14.6 Å². The molecule has 0 saturated heterocycles. The Bertz CT molecular complexity index is 642. The van der Waals surface area contributed by atoms with E-state index >= 15 is 0 Å². The lowest BCUT2D eigenvalue weighted by molar-refractivity contribution is -0.117. The first kappa shape index (κ1) is 17.0. The fraction of sp³-hybridized carbons (Fsp3) is 0.438. The van der Waals surface area contributed by atoms with Gasteiger partial charge in [0.2, 0.25) is 11.8 Å². The maximum atomic E-state index is 12.1. The van der Waals surface area contributed by atoms with E-state index in [4.69, 9.17) is 9.26 Å². The molecule has 7 heteroatoms. The van der Waals surface area contributed by atoms with E-state index in [2.05, 4.69) is 22.4 Å². The number of benzene rings is 1. The molecule has 7 nitrogen and oxygen atoms in total. The third-order valence-electron chi connectivity index (χ3n) is 3.16. The first-order valence-corrected chi connectivity index (χ1v) is 7.54. The molecule has 1 amide bonds. The number of anilines is 1. The highest BCUT2D eigenvalue weighted by Gasteiger charge is 2.12. The number of aryl methyl sites for hydroxylation is 1. The molecule has 2 rings (SSSR count). The molecule has 124 valence electrons. The number of nitrogens with zero attached hydrogens (tertiary/aromatic N) is 3. The molecule has 0 saturated carbocycles. The molecule has 0 aliphatic heterocycles. The minimum atomic E-state index is -0.117. The zero-order valence-corrected chi connectivity index (χ0v) is 13.7. The van der Waals surface area contributed by atoms with Crippen molar-refractivity contribution in [2.45, 2.75) is 26.3 Å². The fourth-order valence-corrected chi connectivity index (χ4v) is 2.11. The van der Waals surface area contributed by atoms with Crippen LogP contribution in [0.5, 0.6) is 5.75 Å². The highest BCUT2D eigenvalue weighted by Crippen LogP contribution is 2.16. The van der Waals surface area contributed by atoms with Crippen LogP contribution in [0.15, 0.2) is 28.8 Å². The summed E-state index contributed by atoms with van der Waals surface area (Å²) in [5, 5.41) is 6.73. The standard InChI is InChI=1S/C16H22N4O3/c1-4-6-14-18-16(23-19-14)11-20(2)10-15(21)17-12-7-5-8-13(9-12)22-3/h5,7-9H,4,6,10-11H2,1-3H3,(H,17,21). The number of hydrogen-bond donors (Lipinski definition) is 1. The molecule has 0 aliphatic carbocycles. The Hall–Kier alpha value is -2.41. The zero-order chi connectivity index (χ0) is 16.7. The lowest BCUT2D eigenvalue weighted by atomic mass is 10.3. The first-order valence-electron chi connectivity index (χ1n) is 7.54. The van der Waals surface area contributed by atoms with E-state index in [0.29, 0.717) is 29.7 Å². The molecule has 1 heterocycles. The van der Waals surface area contributed by atoms with Gasteiger partial charge in [-0.1, -0.05) is 18.1 Å². The molecular weight excluding hydrogens is 296 g/mol. The number of methoxy groups -OCH3 is 1. The molecule has 1 aromatic carbocycles. The molecule has 23 heavy (non-hydrogen) atoms. The number of aromatic nitrogens is 2. The average Bonchev–Trinajstić information content (AvgIpc) is 2.94. The Morgan fingerprint density at radius 1 is 1.43 bits per heavy atom. The predicted molar refractivity (Wildman–Crippen MR) is 86.3 cm³/mol. The van der Waals surface area contributed by atoms with Crippen LogP contribution in [0.2, 0.25) is 0 Å². The van der Waals surface area contributed by atoms with Crippen LogP contribution < -0.4 is 10.1 Å². The summed E-state index contributed by atoms with van der Waals surface area (Å²) in [5.41, 5.74) is 0.700. The summed E-state index contributed by atoms with van der Waals surface area (Å²) in [6.45, 7) is 2.72. The van der Waals surface area contributed by atoms with Gasteiger partial charge in [-0.15, -0.1) is 0 Å². The van der Waals surface area contributed by atoms with Gasteiger partial charge in [0, 0.05) is 18.2 Å². The van der Waals surface area contributed by atoms with Gasteiger partial charge >= 0.3 is 0 Å². The number of rotatable bonds is 8. The number of carbonyl (C=O) groups excluding carboxylic acids is 1. The summed E-state index contributed by atoms with van der Waals surface area (Å²) in [6, 6.07) is 7.24. The minimum absolute atomic E-state index is 0.117. The van der Waals surface area contributed by atoms with Crippen molar-refractivity contribution >= 4 is 11.6 Å². The predicted octanol–water partition coefficient (Wildman–Crippen LogP) is 2.10. The Kier molecular flexibility index (Phi) is 6.10. The lowest BCUT2D eigenvalue weighted by Crippen LogP contribution is -2.29. The summed E-state index contributed by atoms with van der Waals surface area (Å²) >= 11 is 0. The largest absolute Gasteiger partial charge is 0.497 e. The Morgan fingerprint density at radius 2 is 2.26 bits per heavy atom. The van der Waals surface area contributed by atoms with E-state index in [-0.39, 0.29) is 12.5 Å². The fourth-order valence-electron chi connectivity index (χ4n) is 2.11. The maximum absolute atomic E-state index is 12.1. The molecule has 0 spiro atoms. The second-order valence-corrected chi connectivity index (χ2v) is 5.31. The lowest BCUT2D eigenvalue weighted by Gasteiger charge is -2.14. The topological polar surface area (TPSA) is 80.5 Å². The number of nitrogens with one attached hydrogen (secondary N) is 1. The number of ether oxygens (including phenoxy) is 1. The van der Waals surface area contributed by atoms with Crippen molar-refractivity contribution in [1.29, 1.82) is 0 Å². The van der Waals surface area contributed by atoms with E-state index < -0.39 is 0 Å². The van der Waals surface area contributed by atoms with Gasteiger partial charge in [0.05, 0.1) is 20.2 Å². The van der Waals surface area contributed by atoms with E-state index in [1.165, 1.54) is 0 Å². The zero-order valence-electron chi connectivity index (χ0n) is 13.7. The minimum Gasteiger partial charge on any atom is -0.497 e. The van der Waals surface area contributed by atoms with Crippen molar-refractivity contribution in [2.75, 3.05) is 26.0 Å². The second kappa shape index (κ2) is 8.28. The smallest absolute Gasteiger partial charge is 0.240 e. The van der Waals surface area contributed by atoms with Gasteiger partial charge in [-0.3, -0.25) is 9.69 Å². The van der Waals surface area contributed by atoms with Crippen LogP contribution in [-0.4, -0.2) is 41.6 Å². The summed E-state index contributed by atoms with van der Waals surface area (Å²) in [7, 11) is 3.42. The molecule has 0 aliphatic rings. The Morgan fingerprint density at radius 3 is 3.00 bits per heavy atom. The van der Waals surface area contributed by atoms with Crippen LogP contribution in [0.4, 0.5) is 5.69 Å². The molecule has 1 N–H and O–H groups in total. The van der Waals surface area contributed by atoms with Gasteiger partial charge in [-0.05, 0) is 25.6 Å². The van der Waals surface area contributed by atoms with Crippen molar-refractivity contribution in [2.24, 2.45) is 0 Å². The van der Waals surface area contributed by atoms with Crippen molar-refractivity contribution in [3.8, 4) is 5.75 Å². The summed E-state index contributed by atoms with van der Waals surface area (Å²) in [6.07, 6.45) is 1.77. The molecule has 0 atom stereocenters. The van der Waals surface area contributed by atoms with Crippen LogP contribution >= 0.6 is 0 Å². The summed E-state index contributed by atoms with van der Waals surface area (Å²) in [5.74, 6) is 1.81.